The lowest BCUT2D eigenvalue weighted by molar-refractivity contribution is 0.313. The molecule has 0 radical (unpaired) electrons. The number of likely N-dealkylation sites (N-methyl/N-ethyl adjacent to an activating group) is 1. The van der Waals surface area contributed by atoms with Gasteiger partial charge in [-0.2, -0.15) is 4.98 Å². The molecule has 182 valence electrons. The molecule has 34 heavy (non-hydrogen) atoms. The Kier molecular flexibility index (Phi) is 8.35. The first-order chi connectivity index (χ1) is 15.9. The van der Waals surface area contributed by atoms with Crippen molar-refractivity contribution in [1.82, 2.24) is 14.9 Å². The second kappa shape index (κ2) is 11.0. The van der Waals surface area contributed by atoms with Gasteiger partial charge in [0.2, 0.25) is 5.95 Å². The Morgan fingerprint density at radius 2 is 1.76 bits per heavy atom. The summed E-state index contributed by atoms with van der Waals surface area (Å²) in [4.78, 5) is 13.6. The van der Waals surface area contributed by atoms with Crippen molar-refractivity contribution >= 4 is 45.4 Å². The maximum atomic E-state index is 12.5. The third-order valence-electron chi connectivity index (χ3n) is 5.78. The Morgan fingerprint density at radius 1 is 1.06 bits per heavy atom. The van der Waals surface area contributed by atoms with Crippen molar-refractivity contribution < 1.29 is 8.42 Å². The van der Waals surface area contributed by atoms with Crippen LogP contribution in [0.3, 0.4) is 0 Å². The first-order valence-corrected chi connectivity index (χ1v) is 12.8. The number of hydrogen-bond donors (Lipinski definition) is 2. The molecule has 4 rings (SSSR count). The summed E-state index contributed by atoms with van der Waals surface area (Å²) in [6, 6.07) is 15.1. The van der Waals surface area contributed by atoms with Gasteiger partial charge in [0.25, 0.3) is 0 Å². The highest BCUT2D eigenvalue weighted by atomic mass is 35.5. The van der Waals surface area contributed by atoms with Gasteiger partial charge in [-0.05, 0) is 49.4 Å². The van der Waals surface area contributed by atoms with Crippen molar-refractivity contribution in [2.45, 2.75) is 18.2 Å². The van der Waals surface area contributed by atoms with Gasteiger partial charge in [0.15, 0.2) is 9.84 Å². The van der Waals surface area contributed by atoms with Gasteiger partial charge in [-0.3, -0.25) is 0 Å². The van der Waals surface area contributed by atoms with Gasteiger partial charge in [-0.1, -0.05) is 25.1 Å². The van der Waals surface area contributed by atoms with Crippen molar-refractivity contribution in [1.29, 1.82) is 0 Å². The molecule has 0 bridgehead atoms. The van der Waals surface area contributed by atoms with Crippen LogP contribution in [-0.2, 0) is 9.84 Å². The zero-order chi connectivity index (χ0) is 23.4. The van der Waals surface area contributed by atoms with Gasteiger partial charge in [0.1, 0.15) is 5.82 Å². The zero-order valence-corrected chi connectivity index (χ0v) is 21.1. The molecule has 1 aliphatic rings. The summed E-state index contributed by atoms with van der Waals surface area (Å²) in [5.41, 5.74) is 9.41. The largest absolute Gasteiger partial charge is 0.369 e. The van der Waals surface area contributed by atoms with Gasteiger partial charge in [0.05, 0.1) is 10.6 Å². The molecule has 8 nitrogen and oxygen atoms in total. The van der Waals surface area contributed by atoms with Crippen molar-refractivity contribution in [3.63, 3.8) is 0 Å². The quantitative estimate of drug-likeness (QED) is 0.502. The minimum Gasteiger partial charge on any atom is -0.369 e. The molecule has 1 aliphatic heterocycles. The number of aromatic nitrogens is 2. The molecule has 10 heteroatoms. The number of anilines is 4. The summed E-state index contributed by atoms with van der Waals surface area (Å²) in [5.74, 6) is 0.784. The van der Waals surface area contributed by atoms with Crippen LogP contribution in [0.4, 0.5) is 23.1 Å². The predicted octanol–water partition coefficient (Wildman–Crippen LogP) is 3.83. The lowest BCUT2D eigenvalue weighted by Crippen LogP contribution is -2.44. The Balaban J connectivity index is 0.00000324. The molecular formula is C24H31ClN6O2S. The van der Waals surface area contributed by atoms with E-state index in [0.717, 1.165) is 37.3 Å². The van der Waals surface area contributed by atoms with Crippen LogP contribution in [0, 0.1) is 0 Å². The molecular weight excluding hydrogens is 472 g/mol. The smallest absolute Gasteiger partial charge is 0.221 e. The van der Waals surface area contributed by atoms with Crippen LogP contribution >= 0.6 is 12.4 Å². The topological polar surface area (TPSA) is 104 Å². The van der Waals surface area contributed by atoms with Crippen LogP contribution in [0.2, 0.25) is 0 Å². The average Bonchev–Trinajstić information content (AvgIpc) is 2.80. The van der Waals surface area contributed by atoms with Crippen molar-refractivity contribution in [2.75, 3.05) is 54.9 Å². The minimum atomic E-state index is -3.32. The summed E-state index contributed by atoms with van der Waals surface area (Å²) in [6.07, 6.45) is 2.25. The Labute approximate surface area is 207 Å². The number of halogens is 1. The number of benzene rings is 2. The summed E-state index contributed by atoms with van der Waals surface area (Å²) >= 11 is 0. The molecule has 0 unspecified atom stereocenters. The molecule has 1 saturated heterocycles. The van der Waals surface area contributed by atoms with E-state index in [9.17, 15) is 8.42 Å². The average molecular weight is 503 g/mol. The standard InChI is InChI=1S/C24H30N6O2S.ClH/c1-3-15-33(31,32)21-6-4-5-19(16-21)27-23-22(17-26-24(25)28-23)18-7-9-20(10-8-18)30-13-11-29(2)12-14-30;/h4-10,16-17H,3,11-15H2,1-2H3,(H3,25,26,27,28);1H. The molecule has 1 fully saturated rings. The van der Waals surface area contributed by atoms with E-state index in [-0.39, 0.29) is 29.0 Å². The monoisotopic (exact) mass is 502 g/mol. The fourth-order valence-electron chi connectivity index (χ4n) is 3.91. The van der Waals surface area contributed by atoms with Gasteiger partial charge in [0, 0.05) is 49.3 Å². The SMILES string of the molecule is CCCS(=O)(=O)c1cccc(Nc2nc(N)ncc2-c2ccc(N3CCN(C)CC3)cc2)c1.Cl. The van der Waals surface area contributed by atoms with Gasteiger partial charge in [-0.15, -0.1) is 12.4 Å². The molecule has 0 aliphatic carbocycles. The number of nitrogens with zero attached hydrogens (tertiary/aromatic N) is 4. The molecule has 0 saturated carbocycles. The van der Waals surface area contributed by atoms with E-state index in [1.807, 2.05) is 13.0 Å². The van der Waals surface area contributed by atoms with E-state index >= 15 is 0 Å². The van der Waals surface area contributed by atoms with E-state index in [1.54, 1.807) is 24.4 Å². The van der Waals surface area contributed by atoms with Gasteiger partial charge in [-0.25, -0.2) is 13.4 Å². The first-order valence-electron chi connectivity index (χ1n) is 11.1. The highest BCUT2D eigenvalue weighted by molar-refractivity contribution is 7.91. The number of sulfone groups is 1. The van der Waals surface area contributed by atoms with E-state index in [1.165, 1.54) is 5.69 Å². The van der Waals surface area contributed by atoms with Crippen LogP contribution in [-0.4, -0.2) is 62.3 Å². The van der Waals surface area contributed by atoms with Crippen LogP contribution in [0.1, 0.15) is 13.3 Å². The fourth-order valence-corrected chi connectivity index (χ4v) is 5.27. The minimum absolute atomic E-state index is 0. The first kappa shape index (κ1) is 25.7. The highest BCUT2D eigenvalue weighted by Crippen LogP contribution is 2.31. The van der Waals surface area contributed by atoms with Gasteiger partial charge >= 0.3 is 0 Å². The summed E-state index contributed by atoms with van der Waals surface area (Å²) in [7, 11) is -1.18. The summed E-state index contributed by atoms with van der Waals surface area (Å²) in [6.45, 7) is 5.96. The number of nitrogens with one attached hydrogen (secondary N) is 1. The number of piperazine rings is 1. The molecule has 2 heterocycles. The van der Waals surface area contributed by atoms with Crippen molar-refractivity contribution in [3.8, 4) is 11.1 Å². The van der Waals surface area contributed by atoms with Crippen LogP contribution in [0.15, 0.2) is 59.6 Å². The normalized spacial score (nSPS) is 14.5. The lowest BCUT2D eigenvalue weighted by Gasteiger charge is -2.34. The summed E-state index contributed by atoms with van der Waals surface area (Å²) < 4.78 is 25.0. The van der Waals surface area contributed by atoms with E-state index < -0.39 is 9.84 Å². The predicted molar refractivity (Wildman–Crippen MR) is 141 cm³/mol. The summed E-state index contributed by atoms with van der Waals surface area (Å²) in [5, 5.41) is 3.24. The van der Waals surface area contributed by atoms with Crippen molar-refractivity contribution in [3.05, 3.63) is 54.7 Å². The number of rotatable bonds is 7. The van der Waals surface area contributed by atoms with E-state index in [0.29, 0.717) is 17.9 Å². The van der Waals surface area contributed by atoms with E-state index in [2.05, 4.69) is 56.4 Å². The van der Waals surface area contributed by atoms with Gasteiger partial charge < -0.3 is 20.9 Å². The van der Waals surface area contributed by atoms with Crippen LogP contribution < -0.4 is 16.0 Å². The fraction of sp³-hybridized carbons (Fsp3) is 0.333. The molecule has 3 N–H and O–H groups in total. The van der Waals surface area contributed by atoms with Crippen LogP contribution in [0.5, 0.6) is 0 Å². The number of nitrogens with two attached hydrogens (primary N) is 1. The molecule has 0 spiro atoms. The Hall–Kier alpha value is -2.88. The third kappa shape index (κ3) is 5.97. The molecule has 0 amide bonds. The Bertz CT molecular complexity index is 1210. The maximum Gasteiger partial charge on any atom is 0.221 e. The molecule has 0 atom stereocenters. The second-order valence-electron chi connectivity index (χ2n) is 8.30. The van der Waals surface area contributed by atoms with Crippen molar-refractivity contribution in [2.24, 2.45) is 0 Å². The molecule has 3 aromatic rings. The van der Waals surface area contributed by atoms with E-state index in [4.69, 9.17) is 5.73 Å². The molecule has 2 aromatic carbocycles. The number of hydrogen-bond acceptors (Lipinski definition) is 8. The third-order valence-corrected chi connectivity index (χ3v) is 7.70. The highest BCUT2D eigenvalue weighted by Gasteiger charge is 2.16. The Morgan fingerprint density at radius 3 is 2.44 bits per heavy atom. The lowest BCUT2D eigenvalue weighted by atomic mass is 10.1. The molecule has 1 aromatic heterocycles. The number of nitrogen functional groups attached to an aromatic ring is 1. The van der Waals surface area contributed by atoms with Crippen LogP contribution in [0.25, 0.3) is 11.1 Å². The second-order valence-corrected chi connectivity index (χ2v) is 10.4. The zero-order valence-electron chi connectivity index (χ0n) is 19.4. The maximum absolute atomic E-state index is 12.5.